The summed E-state index contributed by atoms with van der Waals surface area (Å²) in [7, 11) is 1.65. The van der Waals surface area contributed by atoms with E-state index in [1.807, 2.05) is 18.2 Å². The molecule has 0 unspecified atom stereocenters. The molecule has 0 saturated heterocycles. The number of hydrogen-bond donors (Lipinski definition) is 2. The number of anilines is 1. The lowest BCUT2D eigenvalue weighted by atomic mass is 10.1. The molecule has 0 fully saturated rings. The van der Waals surface area contributed by atoms with Crippen molar-refractivity contribution < 1.29 is 4.74 Å². The molecule has 1 aromatic heterocycles. The van der Waals surface area contributed by atoms with Crippen molar-refractivity contribution in [2.45, 2.75) is 12.8 Å². The van der Waals surface area contributed by atoms with Crippen LogP contribution in [0.25, 0.3) is 0 Å². The van der Waals surface area contributed by atoms with Gasteiger partial charge in [0.1, 0.15) is 10.4 Å². The lowest BCUT2D eigenvalue weighted by Crippen LogP contribution is -1.97. The normalized spacial score (nSPS) is 10.6. The Hall–Kier alpha value is -1.20. The number of nitrogens with zero attached hydrogens (tertiary/aromatic N) is 1. The van der Waals surface area contributed by atoms with E-state index in [0.29, 0.717) is 11.0 Å². The second kappa shape index (κ2) is 5.63. The minimum atomic E-state index is 0.412. The Morgan fingerprint density at radius 2 is 2.22 bits per heavy atom. The molecular weight excluding hydrogens is 318 g/mol. The molecule has 4 nitrogen and oxygen atoms in total. The number of benzene rings is 1. The number of rotatable bonds is 4. The van der Waals surface area contributed by atoms with Gasteiger partial charge in [-0.2, -0.15) is 0 Å². The van der Waals surface area contributed by atoms with Crippen LogP contribution >= 0.6 is 27.5 Å². The van der Waals surface area contributed by atoms with Crippen molar-refractivity contribution in [1.82, 2.24) is 9.97 Å². The smallest absolute Gasteiger partial charge is 0.198 e. The molecule has 0 saturated carbocycles. The van der Waals surface area contributed by atoms with E-state index in [9.17, 15) is 0 Å². The molecule has 0 amide bonds. The van der Waals surface area contributed by atoms with Gasteiger partial charge in [0.2, 0.25) is 0 Å². The van der Waals surface area contributed by atoms with E-state index in [1.54, 1.807) is 7.11 Å². The highest BCUT2D eigenvalue weighted by Crippen LogP contribution is 2.25. The summed E-state index contributed by atoms with van der Waals surface area (Å²) >= 11 is 9.35. The van der Waals surface area contributed by atoms with E-state index in [2.05, 4.69) is 25.9 Å². The average molecular weight is 331 g/mol. The van der Waals surface area contributed by atoms with Gasteiger partial charge in [-0.25, -0.2) is 4.98 Å². The van der Waals surface area contributed by atoms with Gasteiger partial charge < -0.3 is 15.5 Å². The van der Waals surface area contributed by atoms with Crippen LogP contribution < -0.4 is 10.5 Å². The van der Waals surface area contributed by atoms with Crippen molar-refractivity contribution >= 4 is 33.5 Å². The molecule has 2 rings (SSSR count). The SMILES string of the molecule is COc1ccc(Cl)cc1CCc1[nH]c(N)nc1Br. The number of H-pyrrole nitrogens is 1. The fourth-order valence-corrected chi connectivity index (χ4v) is 2.46. The number of methoxy groups -OCH3 is 1. The summed E-state index contributed by atoms with van der Waals surface area (Å²) in [6.07, 6.45) is 1.57. The maximum absolute atomic E-state index is 5.99. The Balaban J connectivity index is 2.14. The molecule has 2 aromatic rings. The van der Waals surface area contributed by atoms with Crippen LogP contribution in [0.2, 0.25) is 5.02 Å². The number of nitrogen functional groups attached to an aromatic ring is 1. The van der Waals surface area contributed by atoms with Gasteiger partial charge in [0.05, 0.1) is 12.8 Å². The number of aromatic nitrogens is 2. The van der Waals surface area contributed by atoms with Gasteiger partial charge in [-0.15, -0.1) is 0 Å². The maximum Gasteiger partial charge on any atom is 0.198 e. The number of aromatic amines is 1. The van der Waals surface area contributed by atoms with Crippen molar-refractivity contribution in [2.75, 3.05) is 12.8 Å². The molecule has 96 valence electrons. The first-order valence-electron chi connectivity index (χ1n) is 5.42. The molecule has 0 spiro atoms. The van der Waals surface area contributed by atoms with Crippen molar-refractivity contribution in [3.05, 3.63) is 39.1 Å². The zero-order valence-corrected chi connectivity index (χ0v) is 12.2. The van der Waals surface area contributed by atoms with Crippen molar-refractivity contribution in [3.63, 3.8) is 0 Å². The molecule has 0 aliphatic heterocycles. The van der Waals surface area contributed by atoms with E-state index in [0.717, 1.165) is 34.5 Å². The summed E-state index contributed by atoms with van der Waals surface area (Å²) in [6.45, 7) is 0. The first-order chi connectivity index (χ1) is 8.60. The van der Waals surface area contributed by atoms with Crippen LogP contribution in [0.3, 0.4) is 0 Å². The van der Waals surface area contributed by atoms with Crippen LogP contribution in [-0.4, -0.2) is 17.1 Å². The van der Waals surface area contributed by atoms with Gasteiger partial charge >= 0.3 is 0 Å². The fourth-order valence-electron chi connectivity index (χ4n) is 1.78. The highest BCUT2D eigenvalue weighted by atomic mass is 79.9. The third-order valence-electron chi connectivity index (χ3n) is 2.63. The average Bonchev–Trinajstić information content (AvgIpc) is 2.65. The topological polar surface area (TPSA) is 63.9 Å². The predicted molar refractivity (Wildman–Crippen MR) is 76.1 cm³/mol. The van der Waals surface area contributed by atoms with E-state index < -0.39 is 0 Å². The summed E-state index contributed by atoms with van der Waals surface area (Å²) in [4.78, 5) is 7.08. The molecule has 0 aliphatic rings. The molecule has 0 bridgehead atoms. The lowest BCUT2D eigenvalue weighted by Gasteiger charge is -2.08. The second-order valence-corrected chi connectivity index (χ2v) is 5.04. The van der Waals surface area contributed by atoms with Crippen LogP contribution in [-0.2, 0) is 12.8 Å². The van der Waals surface area contributed by atoms with Crippen LogP contribution in [0, 0.1) is 0 Å². The largest absolute Gasteiger partial charge is 0.496 e. The van der Waals surface area contributed by atoms with Gasteiger partial charge in [0.15, 0.2) is 5.95 Å². The number of halogens is 2. The summed E-state index contributed by atoms with van der Waals surface area (Å²) in [5.74, 6) is 1.25. The first kappa shape index (κ1) is 13.2. The molecular formula is C12H13BrClN3O. The third-order valence-corrected chi connectivity index (χ3v) is 3.52. The fraction of sp³-hybridized carbons (Fsp3) is 0.250. The number of hydrogen-bond acceptors (Lipinski definition) is 3. The first-order valence-corrected chi connectivity index (χ1v) is 6.59. The van der Waals surface area contributed by atoms with Crippen molar-refractivity contribution in [3.8, 4) is 5.75 Å². The molecule has 1 heterocycles. The van der Waals surface area contributed by atoms with E-state index in [4.69, 9.17) is 22.1 Å². The number of ether oxygens (including phenoxy) is 1. The molecule has 6 heteroatoms. The molecule has 3 N–H and O–H groups in total. The van der Waals surface area contributed by atoms with Gasteiger partial charge in [-0.3, -0.25) is 0 Å². The Bertz CT molecular complexity index is 556. The standard InChI is InChI=1S/C12H13BrClN3O/c1-18-10-5-3-8(14)6-7(10)2-4-9-11(13)17-12(15)16-9/h3,5-6H,2,4H2,1H3,(H3,15,16,17). The van der Waals surface area contributed by atoms with E-state index in [1.165, 1.54) is 0 Å². The Morgan fingerprint density at radius 3 is 2.83 bits per heavy atom. The summed E-state index contributed by atoms with van der Waals surface area (Å²) in [6, 6.07) is 5.59. The van der Waals surface area contributed by atoms with Gasteiger partial charge in [-0.05, 0) is 52.5 Å². The summed E-state index contributed by atoms with van der Waals surface area (Å²) < 4.78 is 6.05. The zero-order chi connectivity index (χ0) is 13.1. The number of imidazole rings is 1. The lowest BCUT2D eigenvalue weighted by molar-refractivity contribution is 0.409. The number of nitrogens with one attached hydrogen (secondary N) is 1. The minimum Gasteiger partial charge on any atom is -0.496 e. The van der Waals surface area contributed by atoms with Crippen LogP contribution in [0.5, 0.6) is 5.75 Å². The van der Waals surface area contributed by atoms with Crippen LogP contribution in [0.15, 0.2) is 22.8 Å². The molecule has 1 aromatic carbocycles. The van der Waals surface area contributed by atoms with Crippen LogP contribution in [0.4, 0.5) is 5.95 Å². The highest BCUT2D eigenvalue weighted by molar-refractivity contribution is 9.10. The minimum absolute atomic E-state index is 0.412. The Labute approximate surface area is 119 Å². The Kier molecular flexibility index (Phi) is 4.14. The zero-order valence-electron chi connectivity index (χ0n) is 9.84. The van der Waals surface area contributed by atoms with Crippen molar-refractivity contribution in [2.24, 2.45) is 0 Å². The maximum atomic E-state index is 5.99. The molecule has 0 aliphatic carbocycles. The third kappa shape index (κ3) is 2.97. The summed E-state index contributed by atoms with van der Waals surface area (Å²) in [5.41, 5.74) is 7.61. The monoisotopic (exact) mass is 329 g/mol. The highest BCUT2D eigenvalue weighted by Gasteiger charge is 2.09. The van der Waals surface area contributed by atoms with Gasteiger partial charge in [-0.1, -0.05) is 11.6 Å². The van der Waals surface area contributed by atoms with Crippen LogP contribution in [0.1, 0.15) is 11.3 Å². The van der Waals surface area contributed by atoms with Crippen molar-refractivity contribution in [1.29, 1.82) is 0 Å². The van der Waals surface area contributed by atoms with E-state index >= 15 is 0 Å². The number of aryl methyl sites for hydroxylation is 2. The van der Waals surface area contributed by atoms with Gasteiger partial charge in [0, 0.05) is 5.02 Å². The summed E-state index contributed by atoms with van der Waals surface area (Å²) in [5, 5.41) is 0.703. The quantitative estimate of drug-likeness (QED) is 0.905. The predicted octanol–water partition coefficient (Wildman–Crippen LogP) is 3.20. The number of nitrogens with two attached hydrogens (primary N) is 1. The second-order valence-electron chi connectivity index (χ2n) is 3.85. The van der Waals surface area contributed by atoms with Gasteiger partial charge in [0.25, 0.3) is 0 Å². The Morgan fingerprint density at radius 1 is 1.44 bits per heavy atom. The molecule has 18 heavy (non-hydrogen) atoms. The van der Waals surface area contributed by atoms with E-state index in [-0.39, 0.29) is 0 Å². The molecule has 0 radical (unpaired) electrons. The molecule has 0 atom stereocenters.